The van der Waals surface area contributed by atoms with E-state index in [4.69, 9.17) is 4.74 Å². The Bertz CT molecular complexity index is 364. The molecule has 0 radical (unpaired) electrons. The molecule has 2 heteroatoms. The van der Waals surface area contributed by atoms with Gasteiger partial charge in [-0.2, -0.15) is 0 Å². The number of hydrogen-bond donors (Lipinski definition) is 1. The van der Waals surface area contributed by atoms with Gasteiger partial charge in [-0.3, -0.25) is 0 Å². The monoisotopic (exact) mass is 277 g/mol. The zero-order valence-corrected chi connectivity index (χ0v) is 13.6. The van der Waals surface area contributed by atoms with E-state index < -0.39 is 0 Å². The lowest BCUT2D eigenvalue weighted by Crippen LogP contribution is -2.25. The molecule has 0 aliphatic carbocycles. The summed E-state index contributed by atoms with van der Waals surface area (Å²) in [4.78, 5) is 0. The second-order valence-corrected chi connectivity index (χ2v) is 5.83. The Labute approximate surface area is 124 Å². The van der Waals surface area contributed by atoms with Crippen molar-refractivity contribution in [2.24, 2.45) is 5.92 Å². The van der Waals surface area contributed by atoms with Crippen LogP contribution in [0.15, 0.2) is 24.3 Å². The summed E-state index contributed by atoms with van der Waals surface area (Å²) in [5.41, 5.74) is 2.59. The molecule has 0 saturated heterocycles. The highest BCUT2D eigenvalue weighted by Gasteiger charge is 2.13. The van der Waals surface area contributed by atoms with Crippen LogP contribution in [0, 0.1) is 12.8 Å². The van der Waals surface area contributed by atoms with E-state index in [1.54, 1.807) is 0 Å². The highest BCUT2D eigenvalue weighted by Crippen LogP contribution is 2.20. The molecule has 0 heterocycles. The average molecular weight is 277 g/mol. The van der Waals surface area contributed by atoms with Crippen LogP contribution in [0.1, 0.15) is 57.3 Å². The van der Waals surface area contributed by atoms with E-state index >= 15 is 0 Å². The number of benzene rings is 1. The van der Waals surface area contributed by atoms with Gasteiger partial charge < -0.3 is 10.1 Å². The molecule has 1 N–H and O–H groups in total. The van der Waals surface area contributed by atoms with Crippen LogP contribution in [0.5, 0.6) is 0 Å². The van der Waals surface area contributed by atoms with Crippen molar-refractivity contribution in [3.63, 3.8) is 0 Å². The van der Waals surface area contributed by atoms with Crippen molar-refractivity contribution in [2.45, 2.75) is 53.1 Å². The molecule has 0 aliphatic rings. The Morgan fingerprint density at radius 2 is 2.00 bits per heavy atom. The van der Waals surface area contributed by atoms with Gasteiger partial charge in [-0.25, -0.2) is 0 Å². The summed E-state index contributed by atoms with van der Waals surface area (Å²) in [6.45, 7) is 11.6. The van der Waals surface area contributed by atoms with Gasteiger partial charge in [0, 0.05) is 6.54 Å². The van der Waals surface area contributed by atoms with Crippen molar-refractivity contribution < 1.29 is 4.74 Å². The summed E-state index contributed by atoms with van der Waals surface area (Å²) in [5.74, 6) is 0.637. The number of nitrogens with one attached hydrogen (secondary N) is 1. The predicted octanol–water partition coefficient (Wildman–Crippen LogP) is 4.49. The first-order chi connectivity index (χ1) is 9.67. The SMILES string of the molecule is CCCNCC(OCC(C)CCC)c1cccc(C)c1. The maximum Gasteiger partial charge on any atom is 0.0949 e. The Morgan fingerprint density at radius 1 is 1.20 bits per heavy atom. The molecule has 2 nitrogen and oxygen atoms in total. The van der Waals surface area contributed by atoms with E-state index in [9.17, 15) is 0 Å². The number of ether oxygens (including phenoxy) is 1. The minimum atomic E-state index is 0.167. The van der Waals surface area contributed by atoms with Gasteiger partial charge >= 0.3 is 0 Å². The minimum Gasteiger partial charge on any atom is -0.372 e. The summed E-state index contributed by atoms with van der Waals surface area (Å²) < 4.78 is 6.18. The molecule has 0 aromatic heterocycles. The smallest absolute Gasteiger partial charge is 0.0949 e. The highest BCUT2D eigenvalue weighted by molar-refractivity contribution is 5.24. The second kappa shape index (κ2) is 9.95. The first-order valence-corrected chi connectivity index (χ1v) is 8.06. The molecule has 0 aliphatic heterocycles. The molecule has 20 heavy (non-hydrogen) atoms. The van der Waals surface area contributed by atoms with Crippen LogP contribution in [-0.2, 0) is 4.74 Å². The zero-order valence-electron chi connectivity index (χ0n) is 13.6. The van der Waals surface area contributed by atoms with Crippen molar-refractivity contribution in [3.05, 3.63) is 35.4 Å². The van der Waals surface area contributed by atoms with Crippen LogP contribution < -0.4 is 5.32 Å². The van der Waals surface area contributed by atoms with E-state index in [0.717, 1.165) is 26.1 Å². The molecule has 0 saturated carbocycles. The van der Waals surface area contributed by atoms with Crippen molar-refractivity contribution in [3.8, 4) is 0 Å². The van der Waals surface area contributed by atoms with E-state index in [-0.39, 0.29) is 6.10 Å². The van der Waals surface area contributed by atoms with Crippen LogP contribution in [0.3, 0.4) is 0 Å². The van der Waals surface area contributed by atoms with Crippen LogP contribution in [-0.4, -0.2) is 19.7 Å². The minimum absolute atomic E-state index is 0.167. The number of rotatable bonds is 10. The average Bonchev–Trinajstić information content (AvgIpc) is 2.43. The van der Waals surface area contributed by atoms with Gasteiger partial charge in [0.25, 0.3) is 0 Å². The lowest BCUT2D eigenvalue weighted by Gasteiger charge is -2.21. The molecule has 1 aromatic rings. The van der Waals surface area contributed by atoms with E-state index in [0.29, 0.717) is 5.92 Å². The topological polar surface area (TPSA) is 21.3 Å². The fourth-order valence-electron chi connectivity index (χ4n) is 2.41. The van der Waals surface area contributed by atoms with Crippen LogP contribution in [0.25, 0.3) is 0 Å². The predicted molar refractivity (Wildman–Crippen MR) is 87.1 cm³/mol. The van der Waals surface area contributed by atoms with Crippen molar-refractivity contribution in [1.29, 1.82) is 0 Å². The molecule has 0 bridgehead atoms. The van der Waals surface area contributed by atoms with Gasteiger partial charge in [0.05, 0.1) is 12.7 Å². The van der Waals surface area contributed by atoms with Gasteiger partial charge in [-0.1, -0.05) is 57.0 Å². The molecule has 0 amide bonds. The Balaban J connectivity index is 2.59. The van der Waals surface area contributed by atoms with E-state index in [2.05, 4.69) is 57.3 Å². The second-order valence-electron chi connectivity index (χ2n) is 5.83. The molecular formula is C18H31NO. The molecule has 2 unspecified atom stereocenters. The Hall–Kier alpha value is -0.860. The number of aryl methyl sites for hydroxylation is 1. The summed E-state index contributed by atoms with van der Waals surface area (Å²) in [5, 5.41) is 3.48. The van der Waals surface area contributed by atoms with Crippen molar-refractivity contribution >= 4 is 0 Å². The molecule has 1 aromatic carbocycles. The maximum atomic E-state index is 6.18. The normalized spacial score (nSPS) is 14.2. The first kappa shape index (κ1) is 17.2. The molecule has 1 rings (SSSR count). The highest BCUT2D eigenvalue weighted by atomic mass is 16.5. The van der Waals surface area contributed by atoms with Gasteiger partial charge in [-0.05, 0) is 37.8 Å². The van der Waals surface area contributed by atoms with E-state index in [1.165, 1.54) is 24.0 Å². The zero-order chi connectivity index (χ0) is 14.8. The fourth-order valence-corrected chi connectivity index (χ4v) is 2.41. The standard InChI is InChI=1S/C18H31NO/c1-5-8-16(4)14-20-18(13-19-11-6-2)17-10-7-9-15(3)12-17/h7,9-10,12,16,18-19H,5-6,8,11,13-14H2,1-4H3. The van der Waals surface area contributed by atoms with Crippen LogP contribution >= 0.6 is 0 Å². The lowest BCUT2D eigenvalue weighted by atomic mass is 10.1. The summed E-state index contributed by atoms with van der Waals surface area (Å²) in [7, 11) is 0. The quantitative estimate of drug-likeness (QED) is 0.636. The van der Waals surface area contributed by atoms with Crippen molar-refractivity contribution in [1.82, 2.24) is 5.32 Å². The summed E-state index contributed by atoms with van der Waals surface area (Å²) in [6, 6.07) is 8.68. The molecular weight excluding hydrogens is 246 g/mol. The molecule has 114 valence electrons. The Kier molecular flexibility index (Phi) is 8.56. The third-order valence-electron chi connectivity index (χ3n) is 3.53. The fraction of sp³-hybridized carbons (Fsp3) is 0.667. The summed E-state index contributed by atoms with van der Waals surface area (Å²) in [6.07, 6.45) is 3.80. The molecule has 0 fully saturated rings. The molecule has 2 atom stereocenters. The largest absolute Gasteiger partial charge is 0.372 e. The molecule has 0 spiro atoms. The number of hydrogen-bond acceptors (Lipinski definition) is 2. The Morgan fingerprint density at radius 3 is 2.65 bits per heavy atom. The van der Waals surface area contributed by atoms with Gasteiger partial charge in [0.1, 0.15) is 0 Å². The van der Waals surface area contributed by atoms with Crippen LogP contribution in [0.2, 0.25) is 0 Å². The van der Waals surface area contributed by atoms with E-state index in [1.807, 2.05) is 0 Å². The van der Waals surface area contributed by atoms with Gasteiger partial charge in [0.15, 0.2) is 0 Å². The van der Waals surface area contributed by atoms with Gasteiger partial charge in [0.2, 0.25) is 0 Å². The third kappa shape index (κ3) is 6.53. The third-order valence-corrected chi connectivity index (χ3v) is 3.53. The maximum absolute atomic E-state index is 6.18. The van der Waals surface area contributed by atoms with Gasteiger partial charge in [-0.15, -0.1) is 0 Å². The van der Waals surface area contributed by atoms with Crippen LogP contribution in [0.4, 0.5) is 0 Å². The summed E-state index contributed by atoms with van der Waals surface area (Å²) >= 11 is 0. The lowest BCUT2D eigenvalue weighted by molar-refractivity contribution is 0.0300. The first-order valence-electron chi connectivity index (χ1n) is 8.06. The van der Waals surface area contributed by atoms with Crippen molar-refractivity contribution in [2.75, 3.05) is 19.7 Å².